The molecule has 2 saturated heterocycles. The van der Waals surface area contributed by atoms with Crippen LogP contribution in [0.3, 0.4) is 0 Å². The molecule has 0 aromatic heterocycles. The van der Waals surface area contributed by atoms with Gasteiger partial charge in [-0.3, -0.25) is 0 Å². The highest BCUT2D eigenvalue weighted by Crippen LogP contribution is 2.45. The van der Waals surface area contributed by atoms with Gasteiger partial charge in [0, 0.05) is 10.9 Å². The maximum Gasteiger partial charge on any atom is 0.498 e. The third-order valence-corrected chi connectivity index (χ3v) is 13.0. The first-order valence-electron chi connectivity index (χ1n) is 20.7. The first-order chi connectivity index (χ1) is 26.5. The van der Waals surface area contributed by atoms with E-state index >= 15 is 0 Å². The van der Waals surface area contributed by atoms with Crippen LogP contribution >= 0.6 is 0 Å². The minimum atomic E-state index is -0.534. The predicted octanol–water partition coefficient (Wildman–Crippen LogP) is 10.8. The van der Waals surface area contributed by atoms with E-state index in [0.29, 0.717) is 25.0 Å². The number of hydrogen-bond donors (Lipinski definition) is 0. The quantitative estimate of drug-likeness (QED) is 0.0934. The third-order valence-electron chi connectivity index (χ3n) is 13.0. The Balaban J connectivity index is 1.39. The fourth-order valence-corrected chi connectivity index (χ4v) is 7.41. The molecule has 2 heterocycles. The normalized spacial score (nSPS) is 19.4. The molecule has 0 bridgehead atoms. The van der Waals surface area contributed by atoms with Crippen molar-refractivity contribution < 1.29 is 28.1 Å². The molecule has 5 aromatic carbocycles. The average molecular weight is 755 g/mol. The van der Waals surface area contributed by atoms with Gasteiger partial charge in [-0.05, 0) is 123 Å². The maximum absolute atomic E-state index is 6.66. The molecule has 0 N–H and O–H groups in total. The van der Waals surface area contributed by atoms with Crippen molar-refractivity contribution in [2.45, 2.75) is 118 Å². The highest BCUT2D eigenvalue weighted by Gasteiger charge is 2.53. The van der Waals surface area contributed by atoms with E-state index in [4.69, 9.17) is 28.1 Å². The lowest BCUT2D eigenvalue weighted by molar-refractivity contribution is 0.00578. The number of ether oxygens (including phenoxy) is 2. The molecule has 2 fully saturated rings. The molecule has 0 spiro atoms. The molecular formula is C48H60B2O6. The van der Waals surface area contributed by atoms with Gasteiger partial charge in [0.1, 0.15) is 11.5 Å². The van der Waals surface area contributed by atoms with E-state index in [-0.39, 0.29) is 0 Å². The Morgan fingerprint density at radius 2 is 0.786 bits per heavy atom. The molecule has 7 rings (SSSR count). The summed E-state index contributed by atoms with van der Waals surface area (Å²) in [5, 5.41) is 4.65. The summed E-state index contributed by atoms with van der Waals surface area (Å²) in [4.78, 5) is 0. The molecule has 6 nitrogen and oxygen atoms in total. The molecule has 2 atom stereocenters. The largest absolute Gasteiger partial charge is 0.498 e. The Kier molecular flexibility index (Phi) is 10.9. The predicted molar refractivity (Wildman–Crippen MR) is 234 cm³/mol. The summed E-state index contributed by atoms with van der Waals surface area (Å²) in [6.45, 7) is 26.8. The van der Waals surface area contributed by atoms with Crippen molar-refractivity contribution in [2.75, 3.05) is 13.2 Å². The van der Waals surface area contributed by atoms with Gasteiger partial charge in [-0.1, -0.05) is 113 Å². The van der Waals surface area contributed by atoms with Crippen molar-refractivity contribution in [1.29, 1.82) is 0 Å². The maximum atomic E-state index is 6.66. The molecule has 2 unspecified atom stereocenters. The number of rotatable bonds is 12. The highest BCUT2D eigenvalue weighted by molar-refractivity contribution is 6.63. The van der Waals surface area contributed by atoms with Crippen molar-refractivity contribution in [3.63, 3.8) is 0 Å². The zero-order chi connectivity index (χ0) is 40.2. The van der Waals surface area contributed by atoms with Gasteiger partial charge in [0.2, 0.25) is 0 Å². The fourth-order valence-electron chi connectivity index (χ4n) is 7.41. The van der Waals surface area contributed by atoms with E-state index in [1.807, 2.05) is 0 Å². The van der Waals surface area contributed by atoms with Crippen LogP contribution in [0.2, 0.25) is 0 Å². The summed E-state index contributed by atoms with van der Waals surface area (Å²) in [6.07, 6.45) is 2.06. The van der Waals surface area contributed by atoms with Gasteiger partial charge in [0.25, 0.3) is 0 Å². The SMILES string of the molecule is CCC(C)COc1cc(-c2c3ccccc3c(-c3ccc(B4OC(C)(C)C(C)(C)O4)c(OCC(C)CC)c3)c3ccccc23)ccc1B1OC(C)(C)C(C)(C)O1. The van der Waals surface area contributed by atoms with Crippen LogP contribution in [0, 0.1) is 11.8 Å². The van der Waals surface area contributed by atoms with Crippen LogP contribution in [0.4, 0.5) is 0 Å². The molecule has 2 aliphatic heterocycles. The van der Waals surface area contributed by atoms with Crippen LogP contribution < -0.4 is 20.4 Å². The molecule has 0 amide bonds. The van der Waals surface area contributed by atoms with Crippen LogP contribution in [0.5, 0.6) is 11.5 Å². The molecule has 8 heteroatoms. The van der Waals surface area contributed by atoms with Gasteiger partial charge < -0.3 is 28.1 Å². The Bertz CT molecular complexity index is 1980. The van der Waals surface area contributed by atoms with Gasteiger partial charge in [-0.15, -0.1) is 0 Å². The van der Waals surface area contributed by atoms with Crippen molar-refractivity contribution in [2.24, 2.45) is 11.8 Å². The Morgan fingerprint density at radius 3 is 1.07 bits per heavy atom. The highest BCUT2D eigenvalue weighted by atomic mass is 16.7. The number of fused-ring (bicyclic) bond motifs is 2. The third kappa shape index (κ3) is 7.39. The van der Waals surface area contributed by atoms with Crippen molar-refractivity contribution in [3.05, 3.63) is 84.9 Å². The van der Waals surface area contributed by atoms with E-state index in [0.717, 1.165) is 79.1 Å². The average Bonchev–Trinajstić information content (AvgIpc) is 3.53. The van der Waals surface area contributed by atoms with Crippen LogP contribution in [-0.2, 0) is 18.6 Å². The summed E-state index contributed by atoms with van der Waals surface area (Å²) < 4.78 is 39.5. The molecule has 0 radical (unpaired) electrons. The topological polar surface area (TPSA) is 55.4 Å². The first kappa shape index (κ1) is 40.4. The first-order valence-corrected chi connectivity index (χ1v) is 20.7. The van der Waals surface area contributed by atoms with Crippen LogP contribution in [0.1, 0.15) is 95.9 Å². The molecular weight excluding hydrogens is 694 g/mol. The van der Waals surface area contributed by atoms with Crippen molar-refractivity contribution in [3.8, 4) is 33.8 Å². The smallest absolute Gasteiger partial charge is 0.494 e. The zero-order valence-corrected chi connectivity index (χ0v) is 35.7. The van der Waals surface area contributed by atoms with Gasteiger partial charge in [-0.25, -0.2) is 0 Å². The van der Waals surface area contributed by atoms with Crippen LogP contribution in [-0.4, -0.2) is 49.9 Å². The van der Waals surface area contributed by atoms with E-state index in [1.165, 1.54) is 0 Å². The lowest BCUT2D eigenvalue weighted by Crippen LogP contribution is -2.41. The molecule has 0 aliphatic carbocycles. The molecule has 0 saturated carbocycles. The number of benzene rings is 5. The van der Waals surface area contributed by atoms with Crippen LogP contribution in [0.15, 0.2) is 84.9 Å². The van der Waals surface area contributed by atoms with Gasteiger partial charge in [-0.2, -0.15) is 0 Å². The van der Waals surface area contributed by atoms with Crippen LogP contribution in [0.25, 0.3) is 43.8 Å². The monoisotopic (exact) mass is 754 g/mol. The lowest BCUT2D eigenvalue weighted by Gasteiger charge is -2.32. The van der Waals surface area contributed by atoms with Crippen molar-refractivity contribution in [1.82, 2.24) is 0 Å². The summed E-state index contributed by atoms with van der Waals surface area (Å²) in [6, 6.07) is 30.5. The van der Waals surface area contributed by atoms with E-state index in [2.05, 4.69) is 168 Å². The second-order valence-electron chi connectivity index (χ2n) is 18.2. The minimum absolute atomic E-state index is 0.404. The van der Waals surface area contributed by atoms with Gasteiger partial charge >= 0.3 is 14.2 Å². The van der Waals surface area contributed by atoms with E-state index in [1.54, 1.807) is 0 Å². The second kappa shape index (κ2) is 15.2. The molecule has 5 aromatic rings. The Labute approximate surface area is 335 Å². The van der Waals surface area contributed by atoms with E-state index < -0.39 is 36.6 Å². The fraction of sp³-hybridized carbons (Fsp3) is 0.458. The molecule has 56 heavy (non-hydrogen) atoms. The van der Waals surface area contributed by atoms with Gasteiger partial charge in [0.05, 0.1) is 35.6 Å². The summed E-state index contributed by atoms with van der Waals surface area (Å²) in [7, 11) is -1.07. The Morgan fingerprint density at radius 1 is 0.482 bits per heavy atom. The lowest BCUT2D eigenvalue weighted by atomic mass is 9.76. The second-order valence-corrected chi connectivity index (χ2v) is 18.2. The zero-order valence-electron chi connectivity index (χ0n) is 35.7. The minimum Gasteiger partial charge on any atom is -0.494 e. The van der Waals surface area contributed by atoms with Crippen molar-refractivity contribution >= 4 is 46.7 Å². The summed E-state index contributed by atoms with van der Waals surface area (Å²) >= 11 is 0. The number of hydrogen-bond acceptors (Lipinski definition) is 6. The van der Waals surface area contributed by atoms with E-state index in [9.17, 15) is 0 Å². The summed E-state index contributed by atoms with van der Waals surface area (Å²) in [5.74, 6) is 2.39. The van der Waals surface area contributed by atoms with Gasteiger partial charge in [0.15, 0.2) is 0 Å². The Hall–Kier alpha value is -3.81. The summed E-state index contributed by atoms with van der Waals surface area (Å²) in [5.41, 5.74) is 4.45. The molecule has 294 valence electrons. The standard InChI is InChI=1S/C48H60B2O6/c1-13-31(3)29-51-41-27-33(23-25-39(41)49-53-45(5,6)46(7,8)54-49)43-35-19-15-17-21-37(35)44(38-22-18-16-20-36(38)43)34-24-26-40(42(28-34)52-30-32(4)14-2)50-55-47(9,10)48(11,12)56-50/h15-28,31-32H,13-14,29-30H2,1-12H3. The molecule has 2 aliphatic rings.